The number of hydrogen-bond acceptors (Lipinski definition) is 5. The van der Waals surface area contributed by atoms with Crippen molar-refractivity contribution in [2.45, 2.75) is 69.4 Å². The van der Waals surface area contributed by atoms with Gasteiger partial charge >= 0.3 is 51.4 Å². The summed E-state index contributed by atoms with van der Waals surface area (Å²) < 4.78 is 33.8. The molecule has 0 amide bonds. The first-order valence-electron chi connectivity index (χ1n) is 8.14. The second-order valence-corrected chi connectivity index (χ2v) is 7.23. The summed E-state index contributed by atoms with van der Waals surface area (Å²) in [4.78, 5) is -0.167. The van der Waals surface area contributed by atoms with Gasteiger partial charge in [-0.15, -0.1) is 0 Å². The Morgan fingerprint density at radius 1 is 1.04 bits per heavy atom. The van der Waals surface area contributed by atoms with Gasteiger partial charge in [-0.25, -0.2) is 8.42 Å². The Morgan fingerprint density at radius 2 is 1.70 bits per heavy atom. The number of nitrogens with one attached hydrogen (secondary N) is 2. The molecule has 0 radical (unpaired) electrons. The summed E-state index contributed by atoms with van der Waals surface area (Å²) >= 11 is 0. The molecule has 0 fully saturated rings. The number of unbranched alkanes of at least 4 members (excludes halogenated alkanes) is 6. The van der Waals surface area contributed by atoms with Crippen molar-refractivity contribution in [1.29, 1.82) is 0 Å². The molecular weight excluding hydrogens is 339 g/mol. The zero-order valence-electron chi connectivity index (χ0n) is 14.1. The van der Waals surface area contributed by atoms with Crippen LogP contribution in [0.25, 0.3) is 0 Å². The van der Waals surface area contributed by atoms with E-state index in [-0.39, 0.29) is 62.4 Å². The van der Waals surface area contributed by atoms with Gasteiger partial charge in [0.05, 0.1) is 22.4 Å². The maximum absolute atomic E-state index is 11.3. The summed E-state index contributed by atoms with van der Waals surface area (Å²) in [6, 6.07) is 4.74. The fourth-order valence-electron chi connectivity index (χ4n) is 2.86. The zero-order valence-corrected chi connectivity index (χ0v) is 18.0. The van der Waals surface area contributed by atoms with E-state index in [4.69, 9.17) is 0 Å². The van der Waals surface area contributed by atoms with Crippen molar-refractivity contribution in [2.75, 3.05) is 10.6 Å². The number of anilines is 2. The molecule has 1 unspecified atom stereocenters. The molecule has 0 aromatic heterocycles. The van der Waals surface area contributed by atoms with Crippen LogP contribution in [-0.4, -0.2) is 19.1 Å². The molecule has 1 aliphatic rings. The van der Waals surface area contributed by atoms with Gasteiger partial charge in [-0.05, 0) is 25.0 Å². The normalized spacial score (nSPS) is 16.2. The summed E-state index contributed by atoms with van der Waals surface area (Å²) in [6.45, 7) is 2.21. The molecule has 7 heteroatoms. The maximum atomic E-state index is 11.3. The molecule has 1 aromatic carbocycles. The van der Waals surface area contributed by atoms with E-state index < -0.39 is 10.1 Å². The average Bonchev–Trinajstić information content (AvgIpc) is 2.87. The molecule has 2 rings (SSSR count). The van der Waals surface area contributed by atoms with Gasteiger partial charge in [0.1, 0.15) is 10.1 Å². The van der Waals surface area contributed by atoms with E-state index in [1.165, 1.54) is 44.6 Å². The van der Waals surface area contributed by atoms with Crippen LogP contribution in [0.1, 0.15) is 58.3 Å². The van der Waals surface area contributed by atoms with Crippen LogP contribution < -0.4 is 62.0 Å². The average molecular weight is 365 g/mol. The molecule has 23 heavy (non-hydrogen) atoms. The molecule has 1 heterocycles. The van der Waals surface area contributed by atoms with Gasteiger partial charge in [0.15, 0.2) is 0 Å². The molecule has 0 bridgehead atoms. The minimum absolute atomic E-state index is 0. The molecule has 0 saturated heterocycles. The van der Waals surface area contributed by atoms with E-state index in [9.17, 15) is 13.0 Å². The van der Waals surface area contributed by atoms with Gasteiger partial charge in [-0.2, -0.15) is 0 Å². The monoisotopic (exact) mass is 364 g/mol. The van der Waals surface area contributed by atoms with E-state index in [1.807, 2.05) is 0 Å². The summed E-state index contributed by atoms with van der Waals surface area (Å²) in [7, 11) is -4.44. The maximum Gasteiger partial charge on any atom is 1.00 e. The number of benzene rings is 1. The Labute approximate surface area is 182 Å². The quantitative estimate of drug-likeness (QED) is 0.386. The standard InChI is InChI=1S/C16H26N2O3S.K/c1-2-3-4-5-6-7-8-12-15-17-13-10-9-11-14(16(13)18-15)22(19,20)21;/h9-11,15,17-18H,2-8,12H2,1H3,(H,19,20,21);/q;+1/p-1. The molecular formula is C16H25KN2O3S. The van der Waals surface area contributed by atoms with Crippen LogP contribution in [0.4, 0.5) is 11.4 Å². The van der Waals surface area contributed by atoms with E-state index in [0.717, 1.165) is 12.8 Å². The Kier molecular flexibility index (Phi) is 9.66. The number of rotatable bonds is 9. The Bertz CT molecular complexity index is 593. The van der Waals surface area contributed by atoms with Crippen molar-refractivity contribution in [1.82, 2.24) is 0 Å². The van der Waals surface area contributed by atoms with Crippen molar-refractivity contribution >= 4 is 21.5 Å². The molecule has 1 aliphatic heterocycles. The molecule has 1 atom stereocenters. The first-order chi connectivity index (χ1) is 10.5. The fourth-order valence-corrected chi connectivity index (χ4v) is 3.52. The van der Waals surface area contributed by atoms with Gasteiger partial charge in [0.25, 0.3) is 0 Å². The molecule has 0 aliphatic carbocycles. The van der Waals surface area contributed by atoms with Crippen LogP contribution in [0, 0.1) is 0 Å². The van der Waals surface area contributed by atoms with Crippen LogP contribution in [0.15, 0.2) is 23.1 Å². The minimum Gasteiger partial charge on any atom is -0.744 e. The fraction of sp³-hybridized carbons (Fsp3) is 0.625. The van der Waals surface area contributed by atoms with Crippen molar-refractivity contribution < 1.29 is 64.4 Å². The largest absolute Gasteiger partial charge is 1.00 e. The predicted molar refractivity (Wildman–Crippen MR) is 88.0 cm³/mol. The van der Waals surface area contributed by atoms with E-state index in [1.54, 1.807) is 12.1 Å². The Hall–Kier alpha value is 0.366. The second-order valence-electron chi connectivity index (χ2n) is 5.88. The number of para-hydroxylation sites is 1. The molecule has 0 saturated carbocycles. The molecule has 2 N–H and O–H groups in total. The van der Waals surface area contributed by atoms with Crippen LogP contribution in [0.3, 0.4) is 0 Å². The molecule has 0 spiro atoms. The molecule has 124 valence electrons. The van der Waals surface area contributed by atoms with Gasteiger partial charge in [-0.1, -0.05) is 51.5 Å². The zero-order chi connectivity index (χ0) is 16.0. The predicted octanol–water partition coefficient (Wildman–Crippen LogP) is 0.899. The third kappa shape index (κ3) is 6.64. The van der Waals surface area contributed by atoms with E-state index in [2.05, 4.69) is 17.6 Å². The number of hydrogen-bond donors (Lipinski definition) is 2. The smallest absolute Gasteiger partial charge is 0.744 e. The Balaban J connectivity index is 0.00000264. The van der Waals surface area contributed by atoms with Crippen molar-refractivity contribution in [3.05, 3.63) is 18.2 Å². The minimum atomic E-state index is -4.44. The van der Waals surface area contributed by atoms with E-state index in [0.29, 0.717) is 11.4 Å². The third-order valence-electron chi connectivity index (χ3n) is 4.04. The third-order valence-corrected chi connectivity index (χ3v) is 4.92. The summed E-state index contributed by atoms with van der Waals surface area (Å²) in [5.41, 5.74) is 1.12. The van der Waals surface area contributed by atoms with Crippen LogP contribution in [-0.2, 0) is 10.1 Å². The van der Waals surface area contributed by atoms with Gasteiger partial charge in [0.2, 0.25) is 0 Å². The van der Waals surface area contributed by atoms with Crippen molar-refractivity contribution in [3.63, 3.8) is 0 Å². The van der Waals surface area contributed by atoms with Crippen LogP contribution in [0.2, 0.25) is 0 Å². The van der Waals surface area contributed by atoms with Gasteiger partial charge in [0, 0.05) is 0 Å². The van der Waals surface area contributed by atoms with Crippen LogP contribution in [0.5, 0.6) is 0 Å². The van der Waals surface area contributed by atoms with Crippen LogP contribution >= 0.6 is 0 Å². The van der Waals surface area contributed by atoms with Crippen molar-refractivity contribution in [2.24, 2.45) is 0 Å². The van der Waals surface area contributed by atoms with Crippen molar-refractivity contribution in [3.8, 4) is 0 Å². The molecule has 5 nitrogen and oxygen atoms in total. The second kappa shape index (κ2) is 10.4. The first kappa shape index (κ1) is 21.4. The number of fused-ring (bicyclic) bond motifs is 1. The van der Waals surface area contributed by atoms with Gasteiger partial charge in [-0.3, -0.25) is 0 Å². The topological polar surface area (TPSA) is 81.3 Å². The molecule has 1 aromatic rings. The Morgan fingerprint density at radius 3 is 2.35 bits per heavy atom. The van der Waals surface area contributed by atoms with E-state index >= 15 is 0 Å². The summed E-state index contributed by atoms with van der Waals surface area (Å²) in [5.74, 6) is 0. The summed E-state index contributed by atoms with van der Waals surface area (Å²) in [6.07, 6.45) is 9.63. The van der Waals surface area contributed by atoms with Gasteiger partial charge < -0.3 is 15.2 Å². The SMILES string of the molecule is CCCCCCCCCC1Nc2cccc(S(=O)(=O)[O-])c2N1.[K+]. The first-order valence-corrected chi connectivity index (χ1v) is 9.55. The summed E-state index contributed by atoms with van der Waals surface area (Å²) in [5, 5.41) is 6.37.